The largest absolute Gasteiger partial charge is 0.292 e. The van der Waals surface area contributed by atoms with Crippen molar-refractivity contribution in [2.75, 3.05) is 33.6 Å². The lowest BCUT2D eigenvalue weighted by Gasteiger charge is -2.23. The summed E-state index contributed by atoms with van der Waals surface area (Å²) >= 11 is 1.38. The van der Waals surface area contributed by atoms with E-state index in [9.17, 15) is 0 Å². The van der Waals surface area contributed by atoms with Gasteiger partial charge < -0.3 is 0 Å². The molecule has 0 aromatic rings. The molecule has 1 atom stereocenters. The fraction of sp³-hybridized carbons (Fsp3) is 1.00. The third kappa shape index (κ3) is 7.62. The van der Waals surface area contributed by atoms with E-state index in [-0.39, 0.29) is 0 Å². The molecule has 0 fully saturated rings. The molecule has 0 heterocycles. The maximum atomic E-state index is 5.25. The van der Waals surface area contributed by atoms with Crippen molar-refractivity contribution >= 4 is 12.0 Å². The van der Waals surface area contributed by atoms with Gasteiger partial charge in [-0.1, -0.05) is 20.3 Å². The highest BCUT2D eigenvalue weighted by molar-refractivity contribution is 7.93. The molecule has 0 saturated carbocycles. The molecular formula is C10H24N2OS. The zero-order valence-electron chi connectivity index (χ0n) is 10.1. The van der Waals surface area contributed by atoms with Crippen molar-refractivity contribution in [1.29, 1.82) is 0 Å². The van der Waals surface area contributed by atoms with Crippen LogP contribution in [0.25, 0.3) is 0 Å². The first kappa shape index (κ1) is 14.2. The van der Waals surface area contributed by atoms with E-state index in [1.807, 2.05) is 18.4 Å². The van der Waals surface area contributed by atoms with Crippen molar-refractivity contribution in [3.8, 4) is 0 Å². The Labute approximate surface area is 92.9 Å². The van der Waals surface area contributed by atoms with Crippen LogP contribution in [0.4, 0.5) is 0 Å². The van der Waals surface area contributed by atoms with Gasteiger partial charge in [0.15, 0.2) is 0 Å². The van der Waals surface area contributed by atoms with E-state index in [4.69, 9.17) is 4.28 Å². The third-order valence-corrected chi connectivity index (χ3v) is 2.75. The lowest BCUT2D eigenvalue weighted by molar-refractivity contribution is -0.0488. The van der Waals surface area contributed by atoms with Gasteiger partial charge in [0.2, 0.25) is 0 Å². The molecule has 0 aliphatic heterocycles. The molecule has 0 aliphatic carbocycles. The Hall–Kier alpha value is 0.230. The van der Waals surface area contributed by atoms with Crippen LogP contribution in [0.15, 0.2) is 0 Å². The van der Waals surface area contributed by atoms with Gasteiger partial charge in [-0.2, -0.15) is 5.06 Å². The van der Waals surface area contributed by atoms with Crippen LogP contribution in [0.5, 0.6) is 0 Å². The zero-order chi connectivity index (χ0) is 11.0. The molecule has 14 heavy (non-hydrogen) atoms. The summed E-state index contributed by atoms with van der Waals surface area (Å²) < 4.78 is 5.25. The maximum Gasteiger partial charge on any atom is 0.0763 e. The van der Waals surface area contributed by atoms with E-state index < -0.39 is 0 Å². The minimum absolute atomic E-state index is 0.823. The molecule has 3 nitrogen and oxygen atoms in total. The van der Waals surface area contributed by atoms with Crippen LogP contribution in [0, 0.1) is 5.92 Å². The normalized spacial score (nSPS) is 13.9. The number of hydroxylamine groups is 2. The maximum absolute atomic E-state index is 5.25. The van der Waals surface area contributed by atoms with Crippen molar-refractivity contribution in [2.24, 2.45) is 5.92 Å². The Balaban J connectivity index is 3.49. The van der Waals surface area contributed by atoms with E-state index in [0.29, 0.717) is 0 Å². The molecule has 0 rings (SSSR count). The quantitative estimate of drug-likeness (QED) is 0.354. The van der Waals surface area contributed by atoms with Crippen molar-refractivity contribution in [3.63, 3.8) is 0 Å². The lowest BCUT2D eigenvalue weighted by Crippen LogP contribution is -2.32. The summed E-state index contributed by atoms with van der Waals surface area (Å²) in [6, 6.07) is 0. The predicted molar refractivity (Wildman–Crippen MR) is 63.9 cm³/mol. The molecular weight excluding hydrogens is 196 g/mol. The van der Waals surface area contributed by atoms with Gasteiger partial charge in [-0.15, -0.1) is 0 Å². The molecule has 0 amide bonds. The fourth-order valence-corrected chi connectivity index (χ4v) is 1.51. The molecule has 0 aromatic carbocycles. The van der Waals surface area contributed by atoms with Gasteiger partial charge in [0.05, 0.1) is 6.67 Å². The van der Waals surface area contributed by atoms with Crippen LogP contribution in [0.2, 0.25) is 0 Å². The molecule has 86 valence electrons. The SMILES string of the molecule is CCC(C)CCN(C)CN(C)OSC. The third-order valence-electron chi connectivity index (χ3n) is 2.34. The predicted octanol–water partition coefficient (Wildman–Crippen LogP) is 2.45. The number of hydrogen-bond donors (Lipinski definition) is 0. The Kier molecular flexibility index (Phi) is 8.67. The van der Waals surface area contributed by atoms with Gasteiger partial charge in [0, 0.05) is 25.3 Å². The molecule has 0 radical (unpaired) electrons. The molecule has 0 aromatic heterocycles. The molecule has 0 spiro atoms. The first-order valence-electron chi connectivity index (χ1n) is 5.20. The minimum atomic E-state index is 0.823. The Morgan fingerprint density at radius 3 is 2.50 bits per heavy atom. The van der Waals surface area contributed by atoms with E-state index in [0.717, 1.165) is 19.1 Å². The highest BCUT2D eigenvalue weighted by Crippen LogP contribution is 2.07. The van der Waals surface area contributed by atoms with Crippen LogP contribution in [0.3, 0.4) is 0 Å². The summed E-state index contributed by atoms with van der Waals surface area (Å²) in [6.45, 7) is 6.54. The monoisotopic (exact) mass is 220 g/mol. The van der Waals surface area contributed by atoms with E-state index >= 15 is 0 Å². The second-order valence-electron chi connectivity index (χ2n) is 3.89. The standard InChI is InChI=1S/C10H24N2OS/c1-6-10(2)7-8-11(3)9-12(4)13-14-5/h10H,6-9H2,1-5H3. The number of rotatable bonds is 8. The smallest absolute Gasteiger partial charge is 0.0763 e. The van der Waals surface area contributed by atoms with Crippen LogP contribution in [-0.2, 0) is 4.28 Å². The summed E-state index contributed by atoms with van der Waals surface area (Å²) in [5.74, 6) is 0.823. The van der Waals surface area contributed by atoms with Crippen LogP contribution in [0.1, 0.15) is 26.7 Å². The summed E-state index contributed by atoms with van der Waals surface area (Å²) in [7, 11) is 4.08. The minimum Gasteiger partial charge on any atom is -0.292 e. The van der Waals surface area contributed by atoms with E-state index in [1.165, 1.54) is 24.9 Å². The molecule has 0 saturated heterocycles. The summed E-state index contributed by atoms with van der Waals surface area (Å²) in [5.41, 5.74) is 0. The Morgan fingerprint density at radius 2 is 2.00 bits per heavy atom. The molecule has 1 unspecified atom stereocenters. The Bertz CT molecular complexity index is 135. The summed E-state index contributed by atoms with van der Waals surface area (Å²) in [5, 5.41) is 1.85. The van der Waals surface area contributed by atoms with Crippen molar-refractivity contribution in [3.05, 3.63) is 0 Å². The second kappa shape index (κ2) is 8.53. The Morgan fingerprint density at radius 1 is 1.36 bits per heavy atom. The van der Waals surface area contributed by atoms with Gasteiger partial charge in [-0.05, 0) is 25.9 Å². The van der Waals surface area contributed by atoms with Gasteiger partial charge in [-0.25, -0.2) is 4.28 Å². The first-order chi connectivity index (χ1) is 6.60. The molecule has 4 heteroatoms. The first-order valence-corrected chi connectivity index (χ1v) is 6.35. The fourth-order valence-electron chi connectivity index (χ4n) is 1.21. The molecule has 0 bridgehead atoms. The van der Waals surface area contributed by atoms with Crippen molar-refractivity contribution < 1.29 is 4.28 Å². The summed E-state index contributed by atoms with van der Waals surface area (Å²) in [6.07, 6.45) is 4.46. The number of hydrogen-bond acceptors (Lipinski definition) is 4. The van der Waals surface area contributed by atoms with E-state index in [2.05, 4.69) is 25.8 Å². The average Bonchev–Trinajstić information content (AvgIpc) is 2.14. The van der Waals surface area contributed by atoms with Crippen LogP contribution in [-0.4, -0.2) is 43.5 Å². The average molecular weight is 220 g/mol. The molecule has 0 N–H and O–H groups in total. The van der Waals surface area contributed by atoms with Gasteiger partial charge in [0.1, 0.15) is 0 Å². The highest BCUT2D eigenvalue weighted by Gasteiger charge is 2.05. The van der Waals surface area contributed by atoms with Gasteiger partial charge in [0.25, 0.3) is 0 Å². The summed E-state index contributed by atoms with van der Waals surface area (Å²) in [4.78, 5) is 2.28. The second-order valence-corrected chi connectivity index (χ2v) is 4.37. The lowest BCUT2D eigenvalue weighted by atomic mass is 10.1. The zero-order valence-corrected chi connectivity index (χ0v) is 10.9. The van der Waals surface area contributed by atoms with Gasteiger partial charge >= 0.3 is 0 Å². The van der Waals surface area contributed by atoms with Crippen LogP contribution < -0.4 is 0 Å². The van der Waals surface area contributed by atoms with E-state index in [1.54, 1.807) is 0 Å². The van der Waals surface area contributed by atoms with Crippen molar-refractivity contribution in [2.45, 2.75) is 26.7 Å². The number of nitrogens with zero attached hydrogens (tertiary/aromatic N) is 2. The highest BCUT2D eigenvalue weighted by atomic mass is 32.2. The van der Waals surface area contributed by atoms with Crippen LogP contribution >= 0.6 is 12.0 Å². The van der Waals surface area contributed by atoms with Gasteiger partial charge in [-0.3, -0.25) is 4.90 Å². The van der Waals surface area contributed by atoms with Crippen molar-refractivity contribution in [1.82, 2.24) is 9.96 Å². The molecule has 0 aliphatic rings. The topological polar surface area (TPSA) is 15.7 Å².